The molecule has 4 heteroatoms. The summed E-state index contributed by atoms with van der Waals surface area (Å²) >= 11 is 0. The molecule has 3 aromatic rings. The van der Waals surface area contributed by atoms with Gasteiger partial charge in [-0.15, -0.1) is 0 Å². The van der Waals surface area contributed by atoms with Crippen molar-refractivity contribution in [3.8, 4) is 5.69 Å². The van der Waals surface area contributed by atoms with Gasteiger partial charge in [0.25, 0.3) is 0 Å². The third-order valence-corrected chi connectivity index (χ3v) is 4.27. The summed E-state index contributed by atoms with van der Waals surface area (Å²) in [7, 11) is 0. The largest absolute Gasteiger partial charge is 0.329 e. The number of imidazole rings is 2. The Labute approximate surface area is 124 Å². The zero-order valence-electron chi connectivity index (χ0n) is 12.2. The standard InChI is InChI=1S/C17H18N4/c1-13-18-7-8-20(13)10-16-11-21(12-19-16)17-6-5-14-3-2-4-15(14)9-17/h5-9,11-12H,2-4,10H2,1H3. The summed E-state index contributed by atoms with van der Waals surface area (Å²) < 4.78 is 4.22. The molecular weight excluding hydrogens is 260 g/mol. The van der Waals surface area contributed by atoms with Gasteiger partial charge in [0.05, 0.1) is 18.6 Å². The number of fused-ring (bicyclic) bond motifs is 1. The summed E-state index contributed by atoms with van der Waals surface area (Å²) in [5.74, 6) is 1.02. The van der Waals surface area contributed by atoms with Gasteiger partial charge >= 0.3 is 0 Å². The molecule has 1 aliphatic rings. The lowest BCUT2D eigenvalue weighted by Crippen LogP contribution is -2.01. The minimum atomic E-state index is 0.768. The number of hydrogen-bond donors (Lipinski definition) is 0. The van der Waals surface area contributed by atoms with E-state index in [1.165, 1.54) is 36.1 Å². The van der Waals surface area contributed by atoms with E-state index in [2.05, 4.69) is 43.5 Å². The van der Waals surface area contributed by atoms with Gasteiger partial charge in [-0.2, -0.15) is 0 Å². The molecule has 0 amide bonds. The Hall–Kier alpha value is -2.36. The topological polar surface area (TPSA) is 35.6 Å². The number of aromatic nitrogens is 4. The number of rotatable bonds is 3. The molecule has 0 fully saturated rings. The number of benzene rings is 1. The van der Waals surface area contributed by atoms with E-state index in [4.69, 9.17) is 0 Å². The molecule has 0 unspecified atom stereocenters. The minimum absolute atomic E-state index is 0.768. The molecule has 4 rings (SSSR count). The molecule has 0 radical (unpaired) electrons. The first-order chi connectivity index (χ1) is 10.3. The second kappa shape index (κ2) is 4.88. The molecule has 21 heavy (non-hydrogen) atoms. The first-order valence-electron chi connectivity index (χ1n) is 7.42. The van der Waals surface area contributed by atoms with Gasteiger partial charge in [-0.05, 0) is 49.4 Å². The highest BCUT2D eigenvalue weighted by molar-refractivity contribution is 5.43. The first kappa shape index (κ1) is 12.4. The fraction of sp³-hybridized carbons (Fsp3) is 0.294. The lowest BCUT2D eigenvalue weighted by Gasteiger charge is -2.05. The van der Waals surface area contributed by atoms with Gasteiger partial charge in [0, 0.05) is 24.3 Å². The maximum absolute atomic E-state index is 4.52. The minimum Gasteiger partial charge on any atom is -0.329 e. The van der Waals surface area contributed by atoms with Crippen molar-refractivity contribution < 1.29 is 0 Å². The van der Waals surface area contributed by atoms with Crippen LogP contribution in [0.2, 0.25) is 0 Å². The Kier molecular flexibility index (Phi) is 2.88. The van der Waals surface area contributed by atoms with Crippen LogP contribution in [-0.4, -0.2) is 19.1 Å². The lowest BCUT2D eigenvalue weighted by molar-refractivity contribution is 0.746. The van der Waals surface area contributed by atoms with E-state index in [1.807, 2.05) is 25.6 Å². The van der Waals surface area contributed by atoms with Crippen LogP contribution in [0.4, 0.5) is 0 Å². The van der Waals surface area contributed by atoms with E-state index in [-0.39, 0.29) is 0 Å². The van der Waals surface area contributed by atoms with E-state index in [1.54, 1.807) is 0 Å². The first-order valence-corrected chi connectivity index (χ1v) is 7.42. The van der Waals surface area contributed by atoms with Crippen molar-refractivity contribution in [2.45, 2.75) is 32.7 Å². The predicted octanol–water partition coefficient (Wildman–Crippen LogP) is 2.91. The van der Waals surface area contributed by atoms with Crippen LogP contribution in [0.5, 0.6) is 0 Å². The molecule has 0 aliphatic heterocycles. The van der Waals surface area contributed by atoms with Crippen molar-refractivity contribution in [3.05, 3.63) is 65.8 Å². The molecule has 106 valence electrons. The number of aryl methyl sites for hydroxylation is 3. The predicted molar refractivity (Wildman–Crippen MR) is 81.7 cm³/mol. The van der Waals surface area contributed by atoms with Crippen molar-refractivity contribution in [2.24, 2.45) is 0 Å². The van der Waals surface area contributed by atoms with E-state index < -0.39 is 0 Å². The Morgan fingerprint density at radius 3 is 2.90 bits per heavy atom. The van der Waals surface area contributed by atoms with E-state index in [9.17, 15) is 0 Å². The Balaban J connectivity index is 1.61. The second-order valence-corrected chi connectivity index (χ2v) is 5.68. The second-order valence-electron chi connectivity index (χ2n) is 5.68. The molecule has 0 saturated heterocycles. The van der Waals surface area contributed by atoms with Crippen molar-refractivity contribution in [3.63, 3.8) is 0 Å². The Bertz CT molecular complexity index is 782. The van der Waals surface area contributed by atoms with Crippen LogP contribution >= 0.6 is 0 Å². The molecule has 0 spiro atoms. The van der Waals surface area contributed by atoms with Crippen LogP contribution in [0.15, 0.2) is 43.1 Å². The van der Waals surface area contributed by atoms with Gasteiger partial charge < -0.3 is 9.13 Å². The highest BCUT2D eigenvalue weighted by Crippen LogP contribution is 2.24. The van der Waals surface area contributed by atoms with Crippen molar-refractivity contribution in [2.75, 3.05) is 0 Å². The van der Waals surface area contributed by atoms with Crippen LogP contribution in [0.1, 0.15) is 29.1 Å². The van der Waals surface area contributed by atoms with E-state index in [0.29, 0.717) is 0 Å². The van der Waals surface area contributed by atoms with Gasteiger partial charge in [0.15, 0.2) is 0 Å². The molecule has 1 aliphatic carbocycles. The van der Waals surface area contributed by atoms with Gasteiger partial charge in [0.1, 0.15) is 5.82 Å². The van der Waals surface area contributed by atoms with Gasteiger partial charge in [-0.1, -0.05) is 6.07 Å². The van der Waals surface area contributed by atoms with E-state index in [0.717, 1.165) is 18.1 Å². The van der Waals surface area contributed by atoms with Crippen LogP contribution < -0.4 is 0 Å². The van der Waals surface area contributed by atoms with Crippen LogP contribution in [0, 0.1) is 6.92 Å². The fourth-order valence-corrected chi connectivity index (χ4v) is 3.05. The summed E-state index contributed by atoms with van der Waals surface area (Å²) in [4.78, 5) is 8.76. The normalized spacial score (nSPS) is 13.6. The summed E-state index contributed by atoms with van der Waals surface area (Å²) in [6.45, 7) is 2.78. The van der Waals surface area contributed by atoms with E-state index >= 15 is 0 Å². The smallest absolute Gasteiger partial charge is 0.105 e. The van der Waals surface area contributed by atoms with Gasteiger partial charge in [-0.3, -0.25) is 0 Å². The molecule has 0 saturated carbocycles. The zero-order valence-corrected chi connectivity index (χ0v) is 12.2. The average molecular weight is 278 g/mol. The summed E-state index contributed by atoms with van der Waals surface area (Å²) in [6.07, 6.45) is 11.5. The maximum Gasteiger partial charge on any atom is 0.105 e. The molecule has 2 aromatic heterocycles. The third kappa shape index (κ3) is 2.27. The molecular formula is C17H18N4. The van der Waals surface area contributed by atoms with Crippen molar-refractivity contribution in [1.29, 1.82) is 0 Å². The van der Waals surface area contributed by atoms with Crippen molar-refractivity contribution in [1.82, 2.24) is 19.1 Å². The van der Waals surface area contributed by atoms with Crippen LogP contribution in [0.25, 0.3) is 5.69 Å². The number of nitrogens with zero attached hydrogens (tertiary/aromatic N) is 4. The maximum atomic E-state index is 4.52. The molecule has 2 heterocycles. The van der Waals surface area contributed by atoms with Crippen molar-refractivity contribution >= 4 is 0 Å². The summed E-state index contributed by atoms with van der Waals surface area (Å²) in [6, 6.07) is 6.76. The Morgan fingerprint density at radius 2 is 2.05 bits per heavy atom. The highest BCUT2D eigenvalue weighted by atomic mass is 15.1. The van der Waals surface area contributed by atoms with Crippen LogP contribution in [-0.2, 0) is 19.4 Å². The average Bonchev–Trinajstić information content (AvgIpc) is 3.20. The molecule has 0 bridgehead atoms. The van der Waals surface area contributed by atoms with Gasteiger partial charge in [-0.25, -0.2) is 9.97 Å². The van der Waals surface area contributed by atoms with Gasteiger partial charge in [0.2, 0.25) is 0 Å². The fourth-order valence-electron chi connectivity index (χ4n) is 3.05. The quantitative estimate of drug-likeness (QED) is 0.738. The number of hydrogen-bond acceptors (Lipinski definition) is 2. The molecule has 1 aromatic carbocycles. The summed E-state index contributed by atoms with van der Waals surface area (Å²) in [5, 5.41) is 0. The molecule has 0 atom stereocenters. The Morgan fingerprint density at radius 1 is 1.14 bits per heavy atom. The summed E-state index contributed by atoms with van der Waals surface area (Å²) in [5.41, 5.74) is 5.26. The monoisotopic (exact) mass is 278 g/mol. The third-order valence-electron chi connectivity index (χ3n) is 4.27. The highest BCUT2D eigenvalue weighted by Gasteiger charge is 2.11. The van der Waals surface area contributed by atoms with Crippen LogP contribution in [0.3, 0.4) is 0 Å². The SMILES string of the molecule is Cc1nccn1Cc1cn(-c2ccc3c(c2)CCC3)cn1. The molecule has 0 N–H and O–H groups in total. The molecule has 4 nitrogen and oxygen atoms in total. The zero-order chi connectivity index (χ0) is 14.2. The lowest BCUT2D eigenvalue weighted by atomic mass is 10.1.